The van der Waals surface area contributed by atoms with Crippen molar-refractivity contribution in [1.82, 2.24) is 14.5 Å². The fraction of sp³-hybridized carbons (Fsp3) is 0.350. The van der Waals surface area contributed by atoms with Gasteiger partial charge in [-0.1, -0.05) is 30.3 Å². The molecule has 150 valence electrons. The largest absolute Gasteiger partial charge is 0.495 e. The average Bonchev–Trinajstić information content (AvgIpc) is 2.72. The number of hydrogen-bond donors (Lipinski definition) is 1. The van der Waals surface area contributed by atoms with Crippen molar-refractivity contribution in [1.29, 1.82) is 0 Å². The second-order valence-corrected chi connectivity index (χ2v) is 8.65. The third-order valence-corrected chi connectivity index (χ3v) is 6.72. The molecule has 1 saturated heterocycles. The normalized spacial score (nSPS) is 15.9. The molecule has 0 spiro atoms. The van der Waals surface area contributed by atoms with Crippen LogP contribution in [0.4, 0.5) is 0 Å². The molecule has 0 bridgehead atoms. The predicted octanol–water partition coefficient (Wildman–Crippen LogP) is 1.56. The molecule has 1 N–H and O–H groups in total. The molecule has 1 aliphatic rings. The van der Waals surface area contributed by atoms with Crippen LogP contribution >= 0.6 is 0 Å². The monoisotopic (exact) mass is 403 g/mol. The summed E-state index contributed by atoms with van der Waals surface area (Å²) in [7, 11) is -0.365. The number of benzene rings is 2. The van der Waals surface area contributed by atoms with Crippen molar-refractivity contribution < 1.29 is 17.9 Å². The van der Waals surface area contributed by atoms with Crippen molar-refractivity contribution in [2.75, 3.05) is 40.3 Å². The highest BCUT2D eigenvalue weighted by molar-refractivity contribution is 7.89. The van der Waals surface area contributed by atoms with Crippen LogP contribution < -0.4 is 10.1 Å². The van der Waals surface area contributed by atoms with E-state index in [1.54, 1.807) is 6.07 Å². The summed E-state index contributed by atoms with van der Waals surface area (Å²) in [6.07, 6.45) is 0. The number of carbonyl (C=O) groups excluding carboxylic acids is 1. The zero-order chi connectivity index (χ0) is 20.1. The van der Waals surface area contributed by atoms with Crippen molar-refractivity contribution in [3.63, 3.8) is 0 Å². The van der Waals surface area contributed by atoms with Crippen molar-refractivity contribution >= 4 is 15.9 Å². The molecule has 2 aromatic rings. The maximum Gasteiger partial charge on any atom is 0.251 e. The first-order valence-electron chi connectivity index (χ1n) is 9.10. The molecule has 7 nitrogen and oxygen atoms in total. The minimum atomic E-state index is -3.75. The molecule has 0 radical (unpaired) electrons. The Balaban J connectivity index is 1.82. The highest BCUT2D eigenvalue weighted by Gasteiger charge is 2.30. The third-order valence-electron chi connectivity index (χ3n) is 4.80. The maximum absolute atomic E-state index is 13.1. The van der Waals surface area contributed by atoms with Crippen molar-refractivity contribution in [2.45, 2.75) is 11.4 Å². The molecular weight excluding hydrogens is 378 g/mol. The van der Waals surface area contributed by atoms with Crippen LogP contribution in [0.25, 0.3) is 0 Å². The smallest absolute Gasteiger partial charge is 0.251 e. The summed E-state index contributed by atoms with van der Waals surface area (Å²) >= 11 is 0. The maximum atomic E-state index is 13.1. The molecule has 28 heavy (non-hydrogen) atoms. The number of amides is 1. The predicted molar refractivity (Wildman–Crippen MR) is 107 cm³/mol. The third kappa shape index (κ3) is 4.52. The first-order chi connectivity index (χ1) is 13.4. The topological polar surface area (TPSA) is 78.9 Å². The first-order valence-corrected chi connectivity index (χ1v) is 10.5. The van der Waals surface area contributed by atoms with Crippen LogP contribution in [0.15, 0.2) is 53.4 Å². The molecule has 0 unspecified atom stereocenters. The van der Waals surface area contributed by atoms with Gasteiger partial charge in [0.05, 0.1) is 7.11 Å². The van der Waals surface area contributed by atoms with Crippen molar-refractivity contribution in [3.8, 4) is 5.75 Å². The summed E-state index contributed by atoms with van der Waals surface area (Å²) in [5, 5.41) is 2.82. The van der Waals surface area contributed by atoms with Crippen LogP contribution in [0.3, 0.4) is 0 Å². The van der Waals surface area contributed by atoms with Crippen LogP contribution in [-0.2, 0) is 16.6 Å². The molecule has 0 aliphatic carbocycles. The fourth-order valence-corrected chi connectivity index (χ4v) is 4.67. The summed E-state index contributed by atoms with van der Waals surface area (Å²) in [4.78, 5) is 14.6. The Labute approximate surface area is 166 Å². The van der Waals surface area contributed by atoms with Crippen LogP contribution in [0.5, 0.6) is 5.75 Å². The second-order valence-electron chi connectivity index (χ2n) is 6.74. The Morgan fingerprint density at radius 1 is 1.07 bits per heavy atom. The van der Waals surface area contributed by atoms with E-state index in [2.05, 4.69) is 10.2 Å². The van der Waals surface area contributed by atoms with E-state index in [1.807, 2.05) is 37.4 Å². The first kappa shape index (κ1) is 20.3. The summed E-state index contributed by atoms with van der Waals surface area (Å²) in [5.74, 6) is -0.0973. The Bertz CT molecular complexity index is 924. The summed E-state index contributed by atoms with van der Waals surface area (Å²) < 4.78 is 32.9. The minimum absolute atomic E-state index is 0.0203. The van der Waals surface area contributed by atoms with Gasteiger partial charge in [-0.05, 0) is 30.8 Å². The van der Waals surface area contributed by atoms with Gasteiger partial charge in [-0.15, -0.1) is 0 Å². The van der Waals surface area contributed by atoms with Crippen LogP contribution in [0, 0.1) is 0 Å². The molecule has 0 saturated carbocycles. The summed E-state index contributed by atoms with van der Waals surface area (Å²) in [6.45, 7) is 2.52. The SMILES string of the molecule is COc1ccc(C(=O)NCc2ccccc2)cc1S(=O)(=O)N1CCN(C)CC1. The lowest BCUT2D eigenvalue weighted by atomic mass is 10.2. The number of methoxy groups -OCH3 is 1. The van der Waals surface area contributed by atoms with E-state index in [0.29, 0.717) is 32.7 Å². The molecule has 1 aliphatic heterocycles. The number of nitrogens with one attached hydrogen (secondary N) is 1. The summed E-state index contributed by atoms with van der Waals surface area (Å²) in [5.41, 5.74) is 1.25. The zero-order valence-corrected chi connectivity index (χ0v) is 16.9. The molecule has 8 heteroatoms. The lowest BCUT2D eigenvalue weighted by Crippen LogP contribution is -2.47. The van der Waals surface area contributed by atoms with Crippen LogP contribution in [-0.4, -0.2) is 63.9 Å². The van der Waals surface area contributed by atoms with E-state index < -0.39 is 10.0 Å². The second kappa shape index (κ2) is 8.72. The van der Waals surface area contributed by atoms with E-state index in [9.17, 15) is 13.2 Å². The van der Waals surface area contributed by atoms with Gasteiger partial charge in [0.25, 0.3) is 5.91 Å². The number of carbonyl (C=O) groups is 1. The number of likely N-dealkylation sites (N-methyl/N-ethyl adjacent to an activating group) is 1. The van der Waals surface area contributed by atoms with E-state index in [1.165, 1.54) is 23.5 Å². The van der Waals surface area contributed by atoms with Crippen LogP contribution in [0.2, 0.25) is 0 Å². The summed E-state index contributed by atoms with van der Waals surface area (Å²) in [6, 6.07) is 14.0. The van der Waals surface area contributed by atoms with Gasteiger partial charge in [-0.25, -0.2) is 8.42 Å². The number of sulfonamides is 1. The molecule has 1 amide bonds. The number of rotatable bonds is 6. The van der Waals surface area contributed by atoms with Crippen molar-refractivity contribution in [2.24, 2.45) is 0 Å². The lowest BCUT2D eigenvalue weighted by molar-refractivity contribution is 0.0950. The van der Waals surface area contributed by atoms with Gasteiger partial charge in [0.1, 0.15) is 10.6 Å². The fourth-order valence-electron chi connectivity index (χ4n) is 3.07. The Kier molecular flexibility index (Phi) is 6.33. The van der Waals surface area contributed by atoms with Gasteiger partial charge in [-0.3, -0.25) is 4.79 Å². The van der Waals surface area contributed by atoms with Gasteiger partial charge < -0.3 is 15.0 Å². The van der Waals surface area contributed by atoms with Gasteiger partial charge in [0.2, 0.25) is 10.0 Å². The van der Waals surface area contributed by atoms with Gasteiger partial charge >= 0.3 is 0 Å². The van der Waals surface area contributed by atoms with Gasteiger partial charge in [0, 0.05) is 38.3 Å². The molecule has 2 aromatic carbocycles. The standard InChI is InChI=1S/C20H25N3O4S/c1-22-10-12-23(13-11-22)28(25,26)19-14-17(8-9-18(19)27-2)20(24)21-15-16-6-4-3-5-7-16/h3-9,14H,10-13,15H2,1-2H3,(H,21,24). The van der Waals surface area contributed by atoms with Crippen LogP contribution in [0.1, 0.15) is 15.9 Å². The van der Waals surface area contributed by atoms with E-state index >= 15 is 0 Å². The number of hydrogen-bond acceptors (Lipinski definition) is 5. The highest BCUT2D eigenvalue weighted by atomic mass is 32.2. The van der Waals surface area contributed by atoms with E-state index in [4.69, 9.17) is 4.74 Å². The zero-order valence-electron chi connectivity index (χ0n) is 16.1. The van der Waals surface area contributed by atoms with Gasteiger partial charge in [0.15, 0.2) is 0 Å². The van der Waals surface area contributed by atoms with Crippen molar-refractivity contribution in [3.05, 3.63) is 59.7 Å². The minimum Gasteiger partial charge on any atom is -0.495 e. The Morgan fingerprint density at radius 2 is 1.75 bits per heavy atom. The van der Waals surface area contributed by atoms with E-state index in [-0.39, 0.29) is 22.1 Å². The van der Waals surface area contributed by atoms with Gasteiger partial charge in [-0.2, -0.15) is 4.31 Å². The molecule has 0 atom stereocenters. The number of piperazine rings is 1. The molecular formula is C20H25N3O4S. The Hall–Kier alpha value is -2.42. The molecule has 3 rings (SSSR count). The number of nitrogens with zero attached hydrogens (tertiary/aromatic N) is 2. The highest BCUT2D eigenvalue weighted by Crippen LogP contribution is 2.28. The molecule has 1 heterocycles. The molecule has 1 fully saturated rings. The quantitative estimate of drug-likeness (QED) is 0.792. The average molecular weight is 404 g/mol. The Morgan fingerprint density at radius 3 is 2.39 bits per heavy atom. The number of ether oxygens (including phenoxy) is 1. The molecule has 0 aromatic heterocycles. The lowest BCUT2D eigenvalue weighted by Gasteiger charge is -2.31. The van der Waals surface area contributed by atoms with E-state index in [0.717, 1.165) is 5.56 Å².